The van der Waals surface area contributed by atoms with E-state index in [0.29, 0.717) is 28.1 Å². The number of aromatic nitrogens is 1. The van der Waals surface area contributed by atoms with Gasteiger partial charge in [0.2, 0.25) is 11.8 Å². The number of carbonyl (C=O) groups is 2. The number of pyridine rings is 1. The van der Waals surface area contributed by atoms with Crippen LogP contribution >= 0.6 is 11.8 Å². The van der Waals surface area contributed by atoms with Crippen LogP contribution in [0.5, 0.6) is 11.6 Å². The van der Waals surface area contributed by atoms with E-state index < -0.39 is 5.97 Å². The molecule has 0 saturated heterocycles. The summed E-state index contributed by atoms with van der Waals surface area (Å²) >= 11 is 1.88. The minimum atomic E-state index is -0.503. The van der Waals surface area contributed by atoms with Crippen LogP contribution in [0.15, 0.2) is 71.8 Å². The zero-order chi connectivity index (χ0) is 23.6. The number of nitrogens with one attached hydrogen (secondary N) is 1. The summed E-state index contributed by atoms with van der Waals surface area (Å²) in [6.45, 7) is 4.41. The molecule has 0 saturated carbocycles. The van der Waals surface area contributed by atoms with Crippen LogP contribution < -0.4 is 10.1 Å². The molecule has 0 unspecified atom stereocenters. The molecule has 6 nitrogen and oxygen atoms in total. The Kier molecular flexibility index (Phi) is 8.89. The number of hydrogen-bond acceptors (Lipinski definition) is 6. The lowest BCUT2D eigenvalue weighted by Crippen LogP contribution is -2.17. The Morgan fingerprint density at radius 2 is 1.73 bits per heavy atom. The second kappa shape index (κ2) is 12.1. The van der Waals surface area contributed by atoms with Crippen molar-refractivity contribution in [3.8, 4) is 11.6 Å². The Morgan fingerprint density at radius 1 is 1.00 bits per heavy atom. The topological polar surface area (TPSA) is 77.5 Å². The minimum absolute atomic E-state index is 0.116. The molecule has 0 spiro atoms. The monoisotopic (exact) mass is 464 g/mol. The van der Waals surface area contributed by atoms with Gasteiger partial charge in [0.05, 0.1) is 24.8 Å². The van der Waals surface area contributed by atoms with Crippen molar-refractivity contribution in [1.82, 2.24) is 4.98 Å². The highest BCUT2D eigenvalue weighted by Gasteiger charge is 2.14. The smallest absolute Gasteiger partial charge is 0.339 e. The highest BCUT2D eigenvalue weighted by Crippen LogP contribution is 2.29. The number of amides is 1. The van der Waals surface area contributed by atoms with Crippen LogP contribution in [0.3, 0.4) is 0 Å². The van der Waals surface area contributed by atoms with Crippen molar-refractivity contribution in [2.24, 2.45) is 0 Å². The SMILES string of the molecule is CCC(CC)Sc1ccc(Oc2ccc(CC(=O)Nc3ccccc3C(=O)OC)cn2)cc1. The molecule has 0 fully saturated rings. The number of anilines is 1. The predicted molar refractivity (Wildman–Crippen MR) is 131 cm³/mol. The molecule has 7 heteroatoms. The quantitative estimate of drug-likeness (QED) is 0.288. The third-order valence-corrected chi connectivity index (χ3v) is 6.57. The first kappa shape index (κ1) is 24.3. The molecule has 0 aliphatic heterocycles. The van der Waals surface area contributed by atoms with Gasteiger partial charge in [-0.25, -0.2) is 9.78 Å². The van der Waals surface area contributed by atoms with Crippen LogP contribution in [-0.4, -0.2) is 29.2 Å². The first-order valence-electron chi connectivity index (χ1n) is 10.9. The van der Waals surface area contributed by atoms with Gasteiger partial charge in [-0.3, -0.25) is 4.79 Å². The summed E-state index contributed by atoms with van der Waals surface area (Å²) in [6.07, 6.45) is 4.01. The first-order chi connectivity index (χ1) is 16.0. The lowest BCUT2D eigenvalue weighted by atomic mass is 10.1. The molecule has 3 rings (SSSR count). The second-order valence-corrected chi connectivity index (χ2v) is 8.77. The van der Waals surface area contributed by atoms with Crippen molar-refractivity contribution < 1.29 is 19.1 Å². The maximum absolute atomic E-state index is 12.4. The van der Waals surface area contributed by atoms with Gasteiger partial charge in [0, 0.05) is 22.4 Å². The molecule has 0 aliphatic carbocycles. The molecule has 172 valence electrons. The van der Waals surface area contributed by atoms with E-state index in [0.717, 1.165) is 18.4 Å². The second-order valence-electron chi connectivity index (χ2n) is 7.40. The molecule has 33 heavy (non-hydrogen) atoms. The highest BCUT2D eigenvalue weighted by atomic mass is 32.2. The fourth-order valence-corrected chi connectivity index (χ4v) is 4.20. The zero-order valence-electron chi connectivity index (χ0n) is 19.0. The number of hydrogen-bond donors (Lipinski definition) is 1. The van der Waals surface area contributed by atoms with Crippen LogP contribution in [-0.2, 0) is 16.0 Å². The van der Waals surface area contributed by atoms with Crippen LogP contribution in [0, 0.1) is 0 Å². The van der Waals surface area contributed by atoms with Gasteiger partial charge in [-0.2, -0.15) is 0 Å². The van der Waals surface area contributed by atoms with Crippen molar-refractivity contribution in [3.05, 3.63) is 78.0 Å². The van der Waals surface area contributed by atoms with Crippen molar-refractivity contribution >= 4 is 29.3 Å². The number of rotatable bonds is 10. The van der Waals surface area contributed by atoms with Gasteiger partial charge in [-0.15, -0.1) is 11.8 Å². The van der Waals surface area contributed by atoms with E-state index in [1.165, 1.54) is 12.0 Å². The van der Waals surface area contributed by atoms with Gasteiger partial charge < -0.3 is 14.8 Å². The number of thioether (sulfide) groups is 1. The van der Waals surface area contributed by atoms with Gasteiger partial charge in [0.15, 0.2) is 0 Å². The summed E-state index contributed by atoms with van der Waals surface area (Å²) in [5.41, 5.74) is 1.44. The maximum atomic E-state index is 12.4. The molecule has 0 aliphatic rings. The van der Waals surface area contributed by atoms with E-state index >= 15 is 0 Å². The Balaban J connectivity index is 1.56. The highest BCUT2D eigenvalue weighted by molar-refractivity contribution is 8.00. The Labute approximate surface area is 198 Å². The number of nitrogens with zero attached hydrogens (tertiary/aromatic N) is 1. The van der Waals surface area contributed by atoms with Crippen molar-refractivity contribution in [2.75, 3.05) is 12.4 Å². The normalized spacial score (nSPS) is 10.7. The van der Waals surface area contributed by atoms with Crippen molar-refractivity contribution in [2.45, 2.75) is 43.3 Å². The number of esters is 1. The molecule has 1 heterocycles. The predicted octanol–water partition coefficient (Wildman–Crippen LogP) is 6.12. The molecule has 0 radical (unpaired) electrons. The number of carbonyl (C=O) groups excluding carboxylic acids is 2. The number of benzene rings is 2. The maximum Gasteiger partial charge on any atom is 0.339 e. The minimum Gasteiger partial charge on any atom is -0.465 e. The molecular formula is C26H28N2O4S. The summed E-state index contributed by atoms with van der Waals surface area (Å²) in [5.74, 6) is 0.403. The zero-order valence-corrected chi connectivity index (χ0v) is 19.9. The fraction of sp³-hybridized carbons (Fsp3) is 0.269. The Bertz CT molecular complexity index is 1060. The Morgan fingerprint density at radius 3 is 2.36 bits per heavy atom. The van der Waals surface area contributed by atoms with Gasteiger partial charge in [0.25, 0.3) is 0 Å². The molecule has 3 aromatic rings. The van der Waals surface area contributed by atoms with E-state index in [2.05, 4.69) is 36.3 Å². The summed E-state index contributed by atoms with van der Waals surface area (Å²) in [4.78, 5) is 29.8. The molecule has 2 aromatic carbocycles. The third-order valence-electron chi connectivity index (χ3n) is 5.03. The van der Waals surface area contributed by atoms with E-state index in [1.807, 2.05) is 23.9 Å². The van der Waals surface area contributed by atoms with Gasteiger partial charge in [0.1, 0.15) is 5.75 Å². The average molecular weight is 465 g/mol. The van der Waals surface area contributed by atoms with Gasteiger partial charge >= 0.3 is 5.97 Å². The number of methoxy groups -OCH3 is 1. The van der Waals surface area contributed by atoms with E-state index in [1.54, 1.807) is 42.6 Å². The summed E-state index contributed by atoms with van der Waals surface area (Å²) in [5, 5.41) is 3.38. The number of ether oxygens (including phenoxy) is 2. The van der Waals surface area contributed by atoms with Crippen LogP contribution in [0.25, 0.3) is 0 Å². The molecule has 1 N–H and O–H groups in total. The lowest BCUT2D eigenvalue weighted by molar-refractivity contribution is -0.115. The van der Waals surface area contributed by atoms with Gasteiger partial charge in [-0.1, -0.05) is 32.0 Å². The van der Waals surface area contributed by atoms with E-state index in [4.69, 9.17) is 9.47 Å². The average Bonchev–Trinajstić information content (AvgIpc) is 2.84. The number of para-hydroxylation sites is 1. The molecule has 0 bridgehead atoms. The fourth-order valence-electron chi connectivity index (χ4n) is 3.19. The molecule has 1 amide bonds. The van der Waals surface area contributed by atoms with Crippen LogP contribution in [0.4, 0.5) is 5.69 Å². The van der Waals surface area contributed by atoms with Crippen LogP contribution in [0.2, 0.25) is 0 Å². The lowest BCUT2D eigenvalue weighted by Gasteiger charge is -2.12. The molecule has 1 aromatic heterocycles. The summed E-state index contributed by atoms with van der Waals surface area (Å²) in [7, 11) is 1.30. The van der Waals surface area contributed by atoms with E-state index in [9.17, 15) is 9.59 Å². The van der Waals surface area contributed by atoms with Crippen molar-refractivity contribution in [1.29, 1.82) is 0 Å². The van der Waals surface area contributed by atoms with Crippen molar-refractivity contribution in [3.63, 3.8) is 0 Å². The largest absolute Gasteiger partial charge is 0.465 e. The summed E-state index contributed by atoms with van der Waals surface area (Å²) in [6, 6.07) is 18.2. The van der Waals surface area contributed by atoms with Crippen LogP contribution in [0.1, 0.15) is 42.6 Å². The van der Waals surface area contributed by atoms with Gasteiger partial charge in [-0.05, 0) is 54.8 Å². The standard InChI is InChI=1S/C26H28N2O4S/c1-4-20(5-2)33-21-13-11-19(12-14-21)32-25-15-10-18(17-27-25)16-24(29)28-23-9-7-6-8-22(23)26(30)31-3/h6-15,17,20H,4-5,16H2,1-3H3,(H,28,29). The third kappa shape index (κ3) is 7.08. The molecular weight excluding hydrogens is 436 g/mol. The molecule has 0 atom stereocenters. The van der Waals surface area contributed by atoms with E-state index in [-0.39, 0.29) is 12.3 Å². The summed E-state index contributed by atoms with van der Waals surface area (Å²) < 4.78 is 10.6. The first-order valence-corrected chi connectivity index (χ1v) is 11.8. The Hall–Kier alpha value is -3.32.